The molecular formula is C30H34N6O5S3. The van der Waals surface area contributed by atoms with Crippen molar-refractivity contribution in [2.75, 3.05) is 52.7 Å². The van der Waals surface area contributed by atoms with Crippen molar-refractivity contribution < 1.29 is 21.6 Å². The summed E-state index contributed by atoms with van der Waals surface area (Å²) in [7, 11) is -5.10. The lowest BCUT2D eigenvalue weighted by atomic mass is 9.97. The minimum Gasteiger partial charge on any atom is -0.326 e. The Balaban J connectivity index is 1.44. The van der Waals surface area contributed by atoms with E-state index in [2.05, 4.69) is 31.6 Å². The number of hydrogen-bond acceptors (Lipinski definition) is 8. The summed E-state index contributed by atoms with van der Waals surface area (Å²) >= 11 is 1.24. The molecule has 232 valence electrons. The zero-order valence-electron chi connectivity index (χ0n) is 24.6. The summed E-state index contributed by atoms with van der Waals surface area (Å²) in [5.74, 6) is 1.30. The highest BCUT2D eigenvalue weighted by atomic mass is 32.2. The third-order valence-corrected chi connectivity index (χ3v) is 9.16. The van der Waals surface area contributed by atoms with E-state index < -0.39 is 20.0 Å². The molecule has 3 aromatic carbocycles. The molecule has 5 rings (SSSR count). The van der Waals surface area contributed by atoms with E-state index in [-0.39, 0.29) is 5.24 Å². The van der Waals surface area contributed by atoms with E-state index in [0.717, 1.165) is 71.4 Å². The molecule has 0 radical (unpaired) electrons. The number of amides is 1. The number of nitrogens with zero attached hydrogens (tertiary/aromatic N) is 4. The topological polar surface area (TPSA) is 141 Å². The zero-order valence-corrected chi connectivity index (χ0v) is 27.1. The Morgan fingerprint density at radius 3 is 2.18 bits per heavy atom. The van der Waals surface area contributed by atoms with Gasteiger partial charge in [-0.15, -0.1) is 0 Å². The van der Waals surface area contributed by atoms with Gasteiger partial charge in [-0.2, -0.15) is 5.10 Å². The van der Waals surface area contributed by atoms with Crippen molar-refractivity contribution in [3.8, 4) is 0 Å². The third-order valence-electron chi connectivity index (χ3n) is 7.02. The van der Waals surface area contributed by atoms with Crippen LogP contribution in [0.4, 0.5) is 21.9 Å². The van der Waals surface area contributed by atoms with Gasteiger partial charge in [-0.05, 0) is 84.5 Å². The predicted molar refractivity (Wildman–Crippen MR) is 179 cm³/mol. The van der Waals surface area contributed by atoms with Gasteiger partial charge in [-0.3, -0.25) is 19.2 Å². The minimum absolute atomic E-state index is 0.0713. The second kappa shape index (κ2) is 13.0. The van der Waals surface area contributed by atoms with Crippen molar-refractivity contribution >= 4 is 65.7 Å². The van der Waals surface area contributed by atoms with E-state index >= 15 is 0 Å². The molecule has 0 aliphatic carbocycles. The van der Waals surface area contributed by atoms with Gasteiger partial charge < -0.3 is 4.90 Å². The van der Waals surface area contributed by atoms with Gasteiger partial charge in [0.05, 0.1) is 18.2 Å². The Kier molecular flexibility index (Phi) is 9.32. The van der Waals surface area contributed by atoms with Crippen LogP contribution in [-0.4, -0.2) is 77.0 Å². The highest BCUT2D eigenvalue weighted by molar-refractivity contribution is 8.14. The Morgan fingerprint density at radius 1 is 0.932 bits per heavy atom. The van der Waals surface area contributed by atoms with Crippen LogP contribution in [-0.2, 0) is 32.9 Å². The molecule has 0 aromatic heterocycles. The number of hydrazone groups is 1. The standard InChI is InChI=1S/C30H34N6O5S3/c1-35-30(37)42-20-27(32-35)23-10-15-28-24(19-23)5-4-18-36(28)29(22-8-13-26(14-9-22)34-44(3,40)41)31-17-16-21-6-11-25(12-7-21)33-43(2,38)39/h6-15,19,33-34H,4-5,16-18,20H2,1-3H3/b31-29-. The van der Waals surface area contributed by atoms with Crippen LogP contribution in [0, 0.1) is 0 Å². The maximum atomic E-state index is 11.9. The van der Waals surface area contributed by atoms with E-state index in [1.807, 2.05) is 30.3 Å². The molecule has 2 heterocycles. The van der Waals surface area contributed by atoms with E-state index in [9.17, 15) is 21.6 Å². The van der Waals surface area contributed by atoms with Gasteiger partial charge in [0.25, 0.3) is 0 Å². The summed E-state index contributed by atoms with van der Waals surface area (Å²) in [4.78, 5) is 19.1. The molecular weight excluding hydrogens is 621 g/mol. The van der Waals surface area contributed by atoms with Crippen molar-refractivity contribution in [3.05, 3.63) is 89.0 Å². The van der Waals surface area contributed by atoms with Crippen molar-refractivity contribution in [2.24, 2.45) is 10.1 Å². The number of nitrogens with one attached hydrogen (secondary N) is 2. The number of sulfonamides is 2. The number of thioether (sulfide) groups is 1. The van der Waals surface area contributed by atoms with Gasteiger partial charge in [-0.25, -0.2) is 21.8 Å². The summed E-state index contributed by atoms with van der Waals surface area (Å²) in [5, 5.41) is 5.77. The van der Waals surface area contributed by atoms with Crippen LogP contribution < -0.4 is 14.3 Å². The summed E-state index contributed by atoms with van der Waals surface area (Å²) in [6.07, 6.45) is 4.68. The zero-order chi connectivity index (χ0) is 31.5. The summed E-state index contributed by atoms with van der Waals surface area (Å²) < 4.78 is 51.5. The van der Waals surface area contributed by atoms with Crippen LogP contribution in [0.15, 0.2) is 76.8 Å². The molecule has 2 N–H and O–H groups in total. The first-order valence-electron chi connectivity index (χ1n) is 13.9. The summed E-state index contributed by atoms with van der Waals surface area (Å²) in [6, 6.07) is 20.7. The minimum atomic E-state index is -3.41. The molecule has 0 saturated heterocycles. The van der Waals surface area contributed by atoms with Crippen molar-refractivity contribution in [3.63, 3.8) is 0 Å². The van der Waals surface area contributed by atoms with E-state index in [1.165, 1.54) is 16.8 Å². The van der Waals surface area contributed by atoms with Crippen LogP contribution in [0.3, 0.4) is 0 Å². The predicted octanol–water partition coefficient (Wildman–Crippen LogP) is 4.37. The number of rotatable bonds is 9. The fourth-order valence-corrected chi connectivity index (χ4v) is 6.93. The number of carbonyl (C=O) groups excluding carboxylic acids is 1. The molecule has 0 unspecified atom stereocenters. The summed E-state index contributed by atoms with van der Waals surface area (Å²) in [5.41, 5.74) is 6.89. The molecule has 44 heavy (non-hydrogen) atoms. The van der Waals surface area contributed by atoms with Crippen LogP contribution in [0.25, 0.3) is 0 Å². The number of hydrogen-bond donors (Lipinski definition) is 2. The first-order valence-corrected chi connectivity index (χ1v) is 18.7. The lowest BCUT2D eigenvalue weighted by Gasteiger charge is -2.33. The van der Waals surface area contributed by atoms with Gasteiger partial charge >= 0.3 is 5.24 Å². The average Bonchev–Trinajstić information content (AvgIpc) is 2.96. The van der Waals surface area contributed by atoms with Gasteiger partial charge in [-0.1, -0.05) is 30.0 Å². The van der Waals surface area contributed by atoms with Gasteiger partial charge in [0.15, 0.2) is 0 Å². The molecule has 11 nitrogen and oxygen atoms in total. The molecule has 0 saturated carbocycles. The molecule has 3 aromatic rings. The van der Waals surface area contributed by atoms with Crippen molar-refractivity contribution in [2.45, 2.75) is 19.3 Å². The number of anilines is 3. The molecule has 14 heteroatoms. The SMILES string of the molecule is CN1N=C(c2ccc3c(c2)CCCN3/C(=N\CCc2ccc(NS(C)(=O)=O)cc2)c2ccc(NS(C)(=O)=O)cc2)CSC1=O. The monoisotopic (exact) mass is 654 g/mol. The first-order chi connectivity index (χ1) is 20.8. The average molecular weight is 655 g/mol. The number of aryl methyl sites for hydroxylation is 1. The Hall–Kier alpha value is -3.88. The molecule has 2 aliphatic heterocycles. The maximum Gasteiger partial charge on any atom is 0.301 e. The third kappa shape index (κ3) is 8.18. The fourth-order valence-electron chi connectivity index (χ4n) is 5.09. The van der Waals surface area contributed by atoms with Gasteiger partial charge in [0.1, 0.15) is 5.84 Å². The van der Waals surface area contributed by atoms with Gasteiger partial charge in [0, 0.05) is 48.5 Å². The maximum absolute atomic E-state index is 11.9. The molecule has 0 fully saturated rings. The Bertz CT molecular complexity index is 1820. The lowest BCUT2D eigenvalue weighted by molar-refractivity contribution is 0.235. The molecule has 0 spiro atoms. The molecule has 0 bridgehead atoms. The normalized spacial score (nSPS) is 15.9. The first kappa shape index (κ1) is 31.5. The number of benzene rings is 3. The molecule has 2 aliphatic rings. The second-order valence-electron chi connectivity index (χ2n) is 10.7. The van der Waals surface area contributed by atoms with Crippen molar-refractivity contribution in [1.29, 1.82) is 0 Å². The lowest BCUT2D eigenvalue weighted by Crippen LogP contribution is -2.36. The smallest absolute Gasteiger partial charge is 0.301 e. The quantitative estimate of drug-likeness (QED) is 0.258. The van der Waals surface area contributed by atoms with Crippen LogP contribution in [0.1, 0.15) is 28.7 Å². The van der Waals surface area contributed by atoms with Crippen LogP contribution in [0.2, 0.25) is 0 Å². The second-order valence-corrected chi connectivity index (χ2v) is 15.1. The van der Waals surface area contributed by atoms with Crippen LogP contribution >= 0.6 is 11.8 Å². The van der Waals surface area contributed by atoms with Crippen molar-refractivity contribution in [1.82, 2.24) is 5.01 Å². The Labute approximate surface area is 262 Å². The summed E-state index contributed by atoms with van der Waals surface area (Å²) in [6.45, 7) is 1.24. The number of aliphatic imine (C=N–C) groups is 1. The number of amidine groups is 1. The highest BCUT2D eigenvalue weighted by Crippen LogP contribution is 2.31. The van der Waals surface area contributed by atoms with E-state index in [4.69, 9.17) is 4.99 Å². The van der Waals surface area contributed by atoms with E-state index in [0.29, 0.717) is 30.1 Å². The molecule has 1 amide bonds. The van der Waals surface area contributed by atoms with E-state index in [1.54, 1.807) is 31.3 Å². The van der Waals surface area contributed by atoms with Crippen LogP contribution in [0.5, 0.6) is 0 Å². The number of fused-ring (bicyclic) bond motifs is 1. The largest absolute Gasteiger partial charge is 0.326 e. The molecule has 0 atom stereocenters. The highest BCUT2D eigenvalue weighted by Gasteiger charge is 2.25. The Morgan fingerprint density at radius 2 is 1.57 bits per heavy atom. The number of carbonyl (C=O) groups is 1. The van der Waals surface area contributed by atoms with Gasteiger partial charge in [0.2, 0.25) is 20.0 Å². The fraction of sp³-hybridized carbons (Fsp3) is 0.300.